The molecule has 0 bridgehead atoms. The highest BCUT2D eigenvalue weighted by Gasteiger charge is 2.24. The number of nitrogens with zero attached hydrogens (tertiary/aromatic N) is 6. The van der Waals surface area contributed by atoms with Crippen molar-refractivity contribution in [2.24, 2.45) is 35.2 Å². The van der Waals surface area contributed by atoms with Gasteiger partial charge in [0.05, 0.1) is 31.6 Å². The minimum Gasteiger partial charge on any atom is -0.497 e. The van der Waals surface area contributed by atoms with Crippen LogP contribution in [0.15, 0.2) is 204 Å². The number of nitriles is 1. The number of hydrogen-bond acceptors (Lipinski definition) is 8. The van der Waals surface area contributed by atoms with Crippen LogP contribution >= 0.6 is 34.5 Å². The quantitative estimate of drug-likeness (QED) is 0.0936. The molecule has 0 aliphatic heterocycles. The molecule has 0 N–H and O–H groups in total. The van der Waals surface area contributed by atoms with Crippen molar-refractivity contribution in [3.63, 3.8) is 0 Å². The lowest BCUT2D eigenvalue weighted by Crippen LogP contribution is -2.31. The van der Waals surface area contributed by atoms with Crippen LogP contribution in [0.4, 0.5) is 4.39 Å². The van der Waals surface area contributed by atoms with Crippen molar-refractivity contribution in [1.82, 2.24) is 0 Å². The van der Waals surface area contributed by atoms with Crippen LogP contribution in [-0.2, 0) is 51.4 Å². The number of carbonyl (C=O) groups excluding carboxylic acids is 1. The zero-order valence-corrected chi connectivity index (χ0v) is 55.8. The van der Waals surface area contributed by atoms with Gasteiger partial charge in [-0.1, -0.05) is 71.7 Å². The number of rotatable bonds is 11. The van der Waals surface area contributed by atoms with Gasteiger partial charge in [0.15, 0.2) is 31.0 Å². The van der Waals surface area contributed by atoms with Crippen molar-refractivity contribution in [2.75, 3.05) is 14.2 Å². The Hall–Kier alpha value is -9.78. The van der Waals surface area contributed by atoms with Crippen molar-refractivity contribution < 1.29 is 55.1 Å². The normalized spacial score (nSPS) is 10.5. The summed E-state index contributed by atoms with van der Waals surface area (Å²) in [6, 6.07) is 54.3. The second-order valence-corrected chi connectivity index (χ2v) is 23.7. The number of fused-ring (bicyclic) bond motifs is 1. The van der Waals surface area contributed by atoms with Gasteiger partial charge in [-0.05, 0) is 136 Å². The second kappa shape index (κ2) is 31.1. The molecule has 0 aliphatic rings. The van der Waals surface area contributed by atoms with Gasteiger partial charge in [0, 0.05) is 76.2 Å². The van der Waals surface area contributed by atoms with E-state index in [1.807, 2.05) is 117 Å². The van der Waals surface area contributed by atoms with Gasteiger partial charge in [-0.2, -0.15) is 9.83 Å². The van der Waals surface area contributed by atoms with Gasteiger partial charge in [0.25, 0.3) is 12.4 Å². The topological polar surface area (TPSA) is 114 Å². The Bertz CT molecular complexity index is 4550. The first-order valence-corrected chi connectivity index (χ1v) is 30.7. The van der Waals surface area contributed by atoms with Crippen molar-refractivity contribution >= 4 is 52.0 Å². The van der Waals surface area contributed by atoms with Crippen LogP contribution in [-0.4, -0.2) is 20.7 Å². The van der Waals surface area contributed by atoms with Crippen LogP contribution in [0.2, 0.25) is 10.0 Å². The monoisotopic (exact) mass is 1280 g/mol. The Morgan fingerprint density at radius 3 is 1.91 bits per heavy atom. The first-order valence-electron chi connectivity index (χ1n) is 29.1. The molecule has 16 heteroatoms. The van der Waals surface area contributed by atoms with E-state index in [1.165, 1.54) is 62.2 Å². The summed E-state index contributed by atoms with van der Waals surface area (Å²) in [6.45, 7) is 12.8. The van der Waals surface area contributed by atoms with Crippen molar-refractivity contribution in [1.29, 1.82) is 5.26 Å². The second-order valence-electron chi connectivity index (χ2n) is 21.8. The summed E-state index contributed by atoms with van der Waals surface area (Å²) in [4.78, 5) is 12.1. The summed E-state index contributed by atoms with van der Waals surface area (Å²) in [5.74, 6) is 1.89. The molecule has 0 saturated carbocycles. The summed E-state index contributed by atoms with van der Waals surface area (Å²) >= 11 is 13.6. The summed E-state index contributed by atoms with van der Waals surface area (Å²) in [5, 5.41) is 11.2. The third kappa shape index (κ3) is 16.7. The summed E-state index contributed by atoms with van der Waals surface area (Å²) in [6.07, 6.45) is 11.4. The van der Waals surface area contributed by atoms with E-state index in [9.17, 15) is 9.18 Å². The number of methoxy groups -OCH3 is 2. The molecule has 12 nitrogen and oxygen atoms in total. The van der Waals surface area contributed by atoms with Crippen molar-refractivity contribution in [3.8, 4) is 84.5 Å². The number of benzene rings is 4. The highest BCUT2D eigenvalue weighted by atomic mass is 35.5. The van der Waals surface area contributed by atoms with Crippen LogP contribution in [0.25, 0.3) is 77.7 Å². The Kier molecular flexibility index (Phi) is 23.0. The predicted octanol–water partition coefficient (Wildman–Crippen LogP) is 15.8. The van der Waals surface area contributed by atoms with Gasteiger partial charge in [-0.15, -0.1) is 11.3 Å². The number of hydrogen-bond donors (Lipinski definition) is 0. The van der Waals surface area contributed by atoms with E-state index in [0.717, 1.165) is 77.8 Å². The van der Waals surface area contributed by atoms with Gasteiger partial charge in [0.2, 0.25) is 28.5 Å². The number of thiophene rings is 1. The molecule has 0 fully saturated rings. The van der Waals surface area contributed by atoms with Gasteiger partial charge in [-0.25, -0.2) is 22.7 Å². The number of aryl methyl sites for hydroxylation is 11. The van der Waals surface area contributed by atoms with Gasteiger partial charge < -0.3 is 23.0 Å². The molecule has 0 saturated heterocycles. The molecule has 0 aliphatic carbocycles. The number of furan rings is 2. The highest BCUT2D eigenvalue weighted by Crippen LogP contribution is 2.35. The molecular weight excluding hydrogens is 1200 g/mol. The Morgan fingerprint density at radius 2 is 1.25 bits per heavy atom. The number of pyridine rings is 5. The van der Waals surface area contributed by atoms with Crippen LogP contribution in [0.5, 0.6) is 11.7 Å². The smallest absolute Gasteiger partial charge is 0.293 e. The maximum absolute atomic E-state index is 13.4. The molecule has 462 valence electrons. The van der Waals surface area contributed by atoms with E-state index in [1.54, 1.807) is 45.0 Å². The summed E-state index contributed by atoms with van der Waals surface area (Å²) < 4.78 is 49.4. The van der Waals surface area contributed by atoms with E-state index in [4.69, 9.17) is 51.5 Å². The summed E-state index contributed by atoms with van der Waals surface area (Å²) in [7, 11) is 13.2. The standard InChI is InChI=1S/C19H18N.C15H13FNO.C15H15N2O2S.C14H16NO.C12H12Cl2NO2/c1-15-8-6-7-11-18(15)19-14-17(12-13-20(19)2)16-9-4-3-5-10-16;1-10-7-15-11(4-6-18-15)8-13(10)14-9-12(16)3-5-17(14)2;1-10-4-13(6-16)20-15(10)14-5-12(8-19-9-18)11(2)7-17(14)3;1-11-10-12(16-3)7-8-13(11)14-6-4-5-9-15(14)2;1-7-9(5-11(16-3)17-7)12-10(14)4-8(13)6-15(12)2/h3-14H,1-2H3;3-9H,1-2H3;4-5,7,9H,8H2,1-3H3;4-10H,1-3H3;4-6H,1-3H3/q5*+1. The first-order chi connectivity index (χ1) is 43.7. The fraction of sp³-hybridized carbons (Fsp3) is 0.187. The predicted molar refractivity (Wildman–Crippen MR) is 358 cm³/mol. The van der Waals surface area contributed by atoms with Gasteiger partial charge in [0.1, 0.15) is 90.6 Å². The zero-order valence-electron chi connectivity index (χ0n) is 53.4. The molecule has 0 radical (unpaired) electrons. The van der Waals surface area contributed by atoms with Crippen LogP contribution in [0.3, 0.4) is 0 Å². The fourth-order valence-corrected chi connectivity index (χ4v) is 12.1. The third-order valence-electron chi connectivity index (χ3n) is 15.3. The van der Waals surface area contributed by atoms with Gasteiger partial charge in [-0.3, -0.25) is 4.79 Å². The van der Waals surface area contributed by atoms with Crippen molar-refractivity contribution in [2.45, 2.75) is 48.1 Å². The molecule has 91 heavy (non-hydrogen) atoms. The van der Waals surface area contributed by atoms with E-state index < -0.39 is 0 Å². The SMILES string of the molecule is COc1cc(-c2c(Cl)cc(Cl)c[n+]2C)c(C)o1.COc1ccc(-c2cccc[n+]2C)c(C)c1.Cc1c[n+](C)c(-c2sc(C#N)cc2C)cc1COC=O.Cc1cc2occc2cc1-c1cc(F)cc[n+]1C.Cc1ccccc1-c1cc(-c2ccccc2)cc[n+]1C. The lowest BCUT2D eigenvalue weighted by molar-refractivity contribution is -0.660. The largest absolute Gasteiger partial charge is 0.497 e. The minimum atomic E-state index is -0.227. The average Bonchev–Trinajstić information content (AvgIpc) is 1.96. The maximum atomic E-state index is 13.4. The molecule has 0 amide bonds. The summed E-state index contributed by atoms with van der Waals surface area (Å²) in [5.41, 5.74) is 19.7. The molecule has 12 rings (SSSR count). The zero-order chi connectivity index (χ0) is 65.5. The van der Waals surface area contributed by atoms with E-state index >= 15 is 0 Å². The Labute approximate surface area is 546 Å². The number of carbonyl (C=O) groups is 1. The molecule has 12 aromatic rings. The maximum Gasteiger partial charge on any atom is 0.293 e. The lowest BCUT2D eigenvalue weighted by atomic mass is 10.0. The van der Waals surface area contributed by atoms with E-state index in [0.29, 0.717) is 27.3 Å². The Morgan fingerprint density at radius 1 is 0.571 bits per heavy atom. The van der Waals surface area contributed by atoms with Crippen LogP contribution < -0.4 is 32.3 Å². The lowest BCUT2D eigenvalue weighted by Gasteiger charge is -2.06. The molecular formula is C75H74Cl2FN6O6S+5. The van der Waals surface area contributed by atoms with E-state index in [-0.39, 0.29) is 12.4 Å². The number of ether oxygens (including phenoxy) is 3. The fourth-order valence-electron chi connectivity index (χ4n) is 10.4. The molecule has 8 heterocycles. The minimum absolute atomic E-state index is 0.227. The number of halogens is 3. The molecule has 4 aromatic carbocycles. The molecule has 0 unspecified atom stereocenters. The van der Waals surface area contributed by atoms with Gasteiger partial charge >= 0.3 is 0 Å². The third-order valence-corrected chi connectivity index (χ3v) is 17.0. The Balaban J connectivity index is 0.000000147. The van der Waals surface area contributed by atoms with Crippen LogP contribution in [0, 0.1) is 58.7 Å². The molecule has 8 aromatic heterocycles. The van der Waals surface area contributed by atoms with Crippen LogP contribution in [0.1, 0.15) is 44.0 Å². The molecule has 0 spiro atoms. The van der Waals surface area contributed by atoms with E-state index in [2.05, 4.69) is 147 Å². The first kappa shape index (κ1) is 67.2. The number of aromatic nitrogens is 5. The van der Waals surface area contributed by atoms with Crippen molar-refractivity contribution in [3.05, 3.63) is 255 Å². The average molecular weight is 1280 g/mol. The molecule has 0 atom stereocenters. The highest BCUT2D eigenvalue weighted by molar-refractivity contribution is 7.16.